The van der Waals surface area contributed by atoms with Crippen LogP contribution in [-0.4, -0.2) is 43.2 Å². The van der Waals surface area contributed by atoms with Crippen LogP contribution in [0.4, 0.5) is 4.79 Å². The Balaban J connectivity index is 1.66. The molecule has 1 aliphatic heterocycles. The fraction of sp³-hybridized carbons (Fsp3) is 0.923. The fourth-order valence-corrected chi connectivity index (χ4v) is 3.00. The Morgan fingerprint density at radius 1 is 1.53 bits per heavy atom. The molecular formula is C13H25N3O. The molecule has 1 saturated heterocycles. The maximum atomic E-state index is 11.3. The average molecular weight is 239 g/mol. The first-order valence-electron chi connectivity index (χ1n) is 6.83. The normalized spacial score (nSPS) is 28.2. The number of carbonyl (C=O) groups is 1. The van der Waals surface area contributed by atoms with Gasteiger partial charge in [0.2, 0.25) is 0 Å². The highest BCUT2D eigenvalue weighted by molar-refractivity contribution is 5.76. The van der Waals surface area contributed by atoms with Crippen LogP contribution in [0.5, 0.6) is 0 Å². The van der Waals surface area contributed by atoms with E-state index in [1.807, 2.05) is 4.90 Å². The predicted molar refractivity (Wildman–Crippen MR) is 69.0 cm³/mol. The summed E-state index contributed by atoms with van der Waals surface area (Å²) >= 11 is 0. The number of urea groups is 1. The van der Waals surface area contributed by atoms with E-state index in [1.54, 1.807) is 0 Å². The third-order valence-electron chi connectivity index (χ3n) is 3.97. The van der Waals surface area contributed by atoms with Crippen LogP contribution in [0.1, 0.15) is 39.5 Å². The summed E-state index contributed by atoms with van der Waals surface area (Å²) in [6, 6.07) is 0.736. The third kappa shape index (κ3) is 3.60. The van der Waals surface area contributed by atoms with Crippen molar-refractivity contribution in [3.8, 4) is 0 Å². The van der Waals surface area contributed by atoms with Crippen LogP contribution >= 0.6 is 0 Å². The van der Waals surface area contributed by atoms with Gasteiger partial charge in [0.25, 0.3) is 0 Å². The van der Waals surface area contributed by atoms with E-state index in [0.29, 0.717) is 11.5 Å². The van der Waals surface area contributed by atoms with Gasteiger partial charge >= 0.3 is 6.03 Å². The lowest BCUT2D eigenvalue weighted by Crippen LogP contribution is -2.42. The lowest BCUT2D eigenvalue weighted by Gasteiger charge is -2.36. The van der Waals surface area contributed by atoms with Crippen molar-refractivity contribution in [3.63, 3.8) is 0 Å². The van der Waals surface area contributed by atoms with E-state index in [0.717, 1.165) is 26.2 Å². The molecule has 4 heteroatoms. The van der Waals surface area contributed by atoms with Gasteiger partial charge in [-0.25, -0.2) is 4.79 Å². The van der Waals surface area contributed by atoms with Gasteiger partial charge in [0, 0.05) is 32.2 Å². The Morgan fingerprint density at radius 2 is 2.35 bits per heavy atom. The first-order chi connectivity index (χ1) is 8.07. The topological polar surface area (TPSA) is 44.4 Å². The van der Waals surface area contributed by atoms with E-state index in [2.05, 4.69) is 24.5 Å². The molecule has 1 unspecified atom stereocenters. The number of nitrogens with zero attached hydrogens (tertiary/aromatic N) is 1. The fourth-order valence-electron chi connectivity index (χ4n) is 3.00. The second kappa shape index (κ2) is 5.25. The van der Waals surface area contributed by atoms with Gasteiger partial charge in [0.05, 0.1) is 0 Å². The highest BCUT2D eigenvalue weighted by Crippen LogP contribution is 2.34. The van der Waals surface area contributed by atoms with Gasteiger partial charge < -0.3 is 15.5 Å². The number of nitrogens with one attached hydrogen (secondary N) is 2. The van der Waals surface area contributed by atoms with Crippen molar-refractivity contribution in [2.75, 3.05) is 26.2 Å². The molecule has 2 rings (SSSR count). The molecule has 98 valence electrons. The van der Waals surface area contributed by atoms with E-state index < -0.39 is 0 Å². The Kier molecular flexibility index (Phi) is 3.92. The number of hydrogen-bond donors (Lipinski definition) is 2. The van der Waals surface area contributed by atoms with Crippen molar-refractivity contribution < 1.29 is 4.79 Å². The molecule has 0 aromatic carbocycles. The molecule has 17 heavy (non-hydrogen) atoms. The molecule has 0 spiro atoms. The summed E-state index contributed by atoms with van der Waals surface area (Å²) in [5, 5.41) is 6.43. The smallest absolute Gasteiger partial charge is 0.317 e. The quantitative estimate of drug-likeness (QED) is 0.782. The van der Waals surface area contributed by atoms with Crippen LogP contribution in [0.2, 0.25) is 0 Å². The van der Waals surface area contributed by atoms with Gasteiger partial charge in [0.1, 0.15) is 0 Å². The summed E-state index contributed by atoms with van der Waals surface area (Å²) in [4.78, 5) is 13.2. The second-order valence-electron chi connectivity index (χ2n) is 6.13. The highest BCUT2D eigenvalue weighted by Gasteiger charge is 2.27. The maximum Gasteiger partial charge on any atom is 0.317 e. The Hall–Kier alpha value is -0.770. The van der Waals surface area contributed by atoms with Crippen molar-refractivity contribution in [2.45, 2.75) is 45.6 Å². The lowest BCUT2D eigenvalue weighted by molar-refractivity contribution is 0.192. The summed E-state index contributed by atoms with van der Waals surface area (Å²) in [5.74, 6) is 0. The lowest BCUT2D eigenvalue weighted by atomic mass is 9.75. The van der Waals surface area contributed by atoms with Crippen molar-refractivity contribution in [3.05, 3.63) is 0 Å². The largest absolute Gasteiger partial charge is 0.336 e. The van der Waals surface area contributed by atoms with E-state index in [1.165, 1.54) is 25.7 Å². The Labute approximate surface area is 104 Å². The highest BCUT2D eigenvalue weighted by atomic mass is 16.2. The molecule has 2 aliphatic rings. The first kappa shape index (κ1) is 12.7. The first-order valence-corrected chi connectivity index (χ1v) is 6.83. The van der Waals surface area contributed by atoms with Crippen LogP contribution in [0.25, 0.3) is 0 Å². The zero-order valence-corrected chi connectivity index (χ0v) is 11.1. The molecule has 4 nitrogen and oxygen atoms in total. The summed E-state index contributed by atoms with van der Waals surface area (Å²) < 4.78 is 0. The second-order valence-corrected chi connectivity index (χ2v) is 6.13. The molecule has 2 amide bonds. The van der Waals surface area contributed by atoms with Gasteiger partial charge in [-0.2, -0.15) is 0 Å². The molecule has 2 fully saturated rings. The monoisotopic (exact) mass is 239 g/mol. The van der Waals surface area contributed by atoms with E-state index in [-0.39, 0.29) is 6.03 Å². The molecule has 0 radical (unpaired) electrons. The summed E-state index contributed by atoms with van der Waals surface area (Å²) in [6.45, 7) is 8.13. The van der Waals surface area contributed by atoms with Gasteiger partial charge in [-0.3, -0.25) is 0 Å². The molecular weight excluding hydrogens is 214 g/mol. The molecule has 1 saturated carbocycles. The minimum atomic E-state index is 0.0933. The van der Waals surface area contributed by atoms with Crippen LogP contribution in [-0.2, 0) is 0 Å². The standard InChI is InChI=1S/C13H25N3O/c1-13(2)5-3-4-11(10-13)14-6-8-16-9-7-15-12(16)17/h11,14H,3-10H2,1-2H3,(H,15,17). The summed E-state index contributed by atoms with van der Waals surface area (Å²) in [7, 11) is 0. The molecule has 0 aromatic rings. The van der Waals surface area contributed by atoms with Crippen LogP contribution in [0.3, 0.4) is 0 Å². The Morgan fingerprint density at radius 3 is 3.00 bits per heavy atom. The number of amides is 2. The van der Waals surface area contributed by atoms with Crippen molar-refractivity contribution in [1.29, 1.82) is 0 Å². The third-order valence-corrected chi connectivity index (χ3v) is 3.97. The minimum absolute atomic E-state index is 0.0933. The van der Waals surface area contributed by atoms with Crippen LogP contribution in [0.15, 0.2) is 0 Å². The van der Waals surface area contributed by atoms with Gasteiger partial charge in [-0.15, -0.1) is 0 Å². The van der Waals surface area contributed by atoms with Crippen molar-refractivity contribution >= 4 is 6.03 Å². The average Bonchev–Trinajstić information content (AvgIpc) is 2.63. The Bertz CT molecular complexity index is 278. The van der Waals surface area contributed by atoms with Crippen LogP contribution < -0.4 is 10.6 Å². The summed E-state index contributed by atoms with van der Waals surface area (Å²) in [6.07, 6.45) is 5.23. The van der Waals surface area contributed by atoms with Crippen LogP contribution in [0, 0.1) is 5.41 Å². The predicted octanol–water partition coefficient (Wildman–Crippen LogP) is 1.57. The SMILES string of the molecule is CC1(C)CCCC(NCCN2CCNC2=O)C1. The maximum absolute atomic E-state index is 11.3. The molecule has 0 bridgehead atoms. The van der Waals surface area contributed by atoms with E-state index >= 15 is 0 Å². The zero-order chi connectivity index (χ0) is 12.3. The number of hydrogen-bond acceptors (Lipinski definition) is 2. The van der Waals surface area contributed by atoms with Gasteiger partial charge in [-0.1, -0.05) is 20.3 Å². The molecule has 1 heterocycles. The summed E-state index contributed by atoms with van der Waals surface area (Å²) in [5.41, 5.74) is 0.487. The van der Waals surface area contributed by atoms with Crippen molar-refractivity contribution in [2.24, 2.45) is 5.41 Å². The molecule has 1 aliphatic carbocycles. The molecule has 2 N–H and O–H groups in total. The van der Waals surface area contributed by atoms with E-state index in [4.69, 9.17) is 0 Å². The zero-order valence-electron chi connectivity index (χ0n) is 11.1. The van der Waals surface area contributed by atoms with Gasteiger partial charge in [-0.05, 0) is 24.7 Å². The van der Waals surface area contributed by atoms with Crippen molar-refractivity contribution in [1.82, 2.24) is 15.5 Å². The number of rotatable bonds is 4. The minimum Gasteiger partial charge on any atom is -0.336 e. The molecule has 1 atom stereocenters. The van der Waals surface area contributed by atoms with E-state index in [9.17, 15) is 4.79 Å². The molecule has 0 aromatic heterocycles. The number of carbonyl (C=O) groups excluding carboxylic acids is 1. The van der Waals surface area contributed by atoms with Gasteiger partial charge in [0.15, 0.2) is 0 Å².